The van der Waals surface area contributed by atoms with Crippen molar-refractivity contribution in [3.8, 4) is 17.2 Å². The quantitative estimate of drug-likeness (QED) is 0.819. The van der Waals surface area contributed by atoms with Crippen LogP contribution in [0, 0.1) is 40.9 Å². The molecule has 6 atom stereocenters. The molecule has 154 valence electrons. The summed E-state index contributed by atoms with van der Waals surface area (Å²) < 4.78 is 0. The van der Waals surface area contributed by atoms with Gasteiger partial charge in [0.15, 0.2) is 0 Å². The summed E-state index contributed by atoms with van der Waals surface area (Å²) in [5.74, 6) is 1.24. The Morgan fingerprint density at radius 3 is 2.77 bits per heavy atom. The first-order chi connectivity index (χ1) is 14.5. The van der Waals surface area contributed by atoms with E-state index in [-0.39, 0.29) is 36.3 Å². The van der Waals surface area contributed by atoms with Gasteiger partial charge in [-0.25, -0.2) is 0 Å². The minimum Gasteiger partial charge on any atom is -0.394 e. The number of rotatable bonds is 4. The predicted octanol–water partition coefficient (Wildman–Crippen LogP) is 3.65. The normalized spacial score (nSPS) is 30.7. The molecule has 1 saturated carbocycles. The van der Waals surface area contributed by atoms with Crippen LogP contribution in [0.1, 0.15) is 31.5 Å². The molecule has 1 aromatic carbocycles. The van der Waals surface area contributed by atoms with Crippen molar-refractivity contribution in [2.24, 2.45) is 29.6 Å². The molecule has 1 aromatic heterocycles. The van der Waals surface area contributed by atoms with Crippen molar-refractivity contribution >= 4 is 12.0 Å². The fourth-order valence-electron chi connectivity index (χ4n) is 5.16. The third kappa shape index (κ3) is 3.64. The van der Waals surface area contributed by atoms with Crippen LogP contribution in [0.25, 0.3) is 17.2 Å². The van der Waals surface area contributed by atoms with Crippen molar-refractivity contribution in [2.75, 3.05) is 6.61 Å². The molecule has 1 aliphatic heterocycles. The first-order valence-corrected chi connectivity index (χ1v) is 10.6. The van der Waals surface area contributed by atoms with Crippen LogP contribution in [-0.4, -0.2) is 28.6 Å². The summed E-state index contributed by atoms with van der Waals surface area (Å²) in [5.41, 5.74) is 3.26. The second-order valence-corrected chi connectivity index (χ2v) is 8.62. The van der Waals surface area contributed by atoms with E-state index in [1.165, 1.54) is 0 Å². The maximum Gasteiger partial charge on any atom is 0.223 e. The number of fused-ring (bicyclic) bond motifs is 1. The van der Waals surface area contributed by atoms with E-state index in [2.05, 4.69) is 36.3 Å². The molecule has 0 radical (unpaired) electrons. The fourth-order valence-corrected chi connectivity index (χ4v) is 5.16. The zero-order valence-corrected chi connectivity index (χ0v) is 17.3. The number of aromatic nitrogens is 1. The molecule has 2 fully saturated rings. The smallest absolute Gasteiger partial charge is 0.223 e. The molecular formula is C25H27N3O2. The Labute approximate surface area is 177 Å². The van der Waals surface area contributed by atoms with Gasteiger partial charge in [-0.2, -0.15) is 5.26 Å². The first kappa shape index (κ1) is 20.3. The maximum atomic E-state index is 12.4. The molecule has 1 aliphatic carbocycles. The van der Waals surface area contributed by atoms with E-state index in [9.17, 15) is 15.2 Å². The van der Waals surface area contributed by atoms with Gasteiger partial charge in [0.2, 0.25) is 5.91 Å². The number of amides is 1. The van der Waals surface area contributed by atoms with E-state index in [0.29, 0.717) is 17.4 Å². The molecule has 2 N–H and O–H groups in total. The lowest BCUT2D eigenvalue weighted by Gasteiger charge is -2.41. The van der Waals surface area contributed by atoms with Crippen molar-refractivity contribution in [3.63, 3.8) is 0 Å². The van der Waals surface area contributed by atoms with Crippen LogP contribution in [-0.2, 0) is 4.79 Å². The number of allylic oxidation sites excluding steroid dienone is 1. The number of carbonyl (C=O) groups is 1. The van der Waals surface area contributed by atoms with Crippen LogP contribution in [0.15, 0.2) is 48.7 Å². The number of hydrogen-bond donors (Lipinski definition) is 2. The van der Waals surface area contributed by atoms with Gasteiger partial charge >= 0.3 is 0 Å². The number of hydrogen-bond acceptors (Lipinski definition) is 4. The van der Waals surface area contributed by atoms with Gasteiger partial charge in [0.05, 0.1) is 30.0 Å². The highest BCUT2D eigenvalue weighted by molar-refractivity contribution is 5.82. The van der Waals surface area contributed by atoms with Crippen molar-refractivity contribution in [1.29, 1.82) is 5.26 Å². The first-order valence-electron chi connectivity index (χ1n) is 10.6. The van der Waals surface area contributed by atoms with E-state index in [4.69, 9.17) is 0 Å². The zero-order chi connectivity index (χ0) is 21.3. The van der Waals surface area contributed by atoms with Gasteiger partial charge in [-0.3, -0.25) is 9.78 Å². The van der Waals surface area contributed by atoms with Gasteiger partial charge < -0.3 is 10.4 Å². The molecule has 4 rings (SSSR count). The molecule has 30 heavy (non-hydrogen) atoms. The van der Waals surface area contributed by atoms with Crippen molar-refractivity contribution in [2.45, 2.75) is 26.3 Å². The topological polar surface area (TPSA) is 86.0 Å². The van der Waals surface area contributed by atoms with Gasteiger partial charge in [-0.15, -0.1) is 0 Å². The maximum absolute atomic E-state index is 12.4. The largest absolute Gasteiger partial charge is 0.394 e. The molecule has 2 aliphatic rings. The number of nitriles is 1. The minimum atomic E-state index is -0.176. The number of nitrogens with zero attached hydrogens (tertiary/aromatic N) is 2. The third-order valence-corrected chi connectivity index (χ3v) is 7.00. The summed E-state index contributed by atoms with van der Waals surface area (Å²) in [6.45, 7) is 4.42. The Balaban J connectivity index is 1.58. The van der Waals surface area contributed by atoms with Crippen molar-refractivity contribution in [3.05, 3.63) is 59.9 Å². The monoisotopic (exact) mass is 401 g/mol. The fraction of sp³-hybridized carbons (Fsp3) is 0.400. The lowest BCUT2D eigenvalue weighted by molar-refractivity contribution is -0.124. The van der Waals surface area contributed by atoms with Crippen LogP contribution in [0.2, 0.25) is 0 Å². The van der Waals surface area contributed by atoms with E-state index < -0.39 is 0 Å². The second-order valence-electron chi connectivity index (χ2n) is 8.62. The minimum absolute atomic E-state index is 0.0242. The lowest BCUT2D eigenvalue weighted by atomic mass is 9.62. The molecular weight excluding hydrogens is 374 g/mol. The van der Waals surface area contributed by atoms with Crippen LogP contribution < -0.4 is 5.32 Å². The van der Waals surface area contributed by atoms with Crippen molar-refractivity contribution < 1.29 is 9.90 Å². The van der Waals surface area contributed by atoms with Crippen molar-refractivity contribution in [1.82, 2.24) is 10.3 Å². The SMILES string of the molecule is C[C@H]1[C@H](/C=C/c2ccc(-c3ccccc3C#N)cn2)[C@@H]2[C@@H](CO)NC(=O)[C@@H]2C[C@@H]1C. The summed E-state index contributed by atoms with van der Waals surface area (Å²) in [7, 11) is 0. The second kappa shape index (κ2) is 8.41. The predicted molar refractivity (Wildman–Crippen MR) is 116 cm³/mol. The molecule has 2 heterocycles. The average molecular weight is 402 g/mol. The number of carbonyl (C=O) groups excluding carboxylic acids is 1. The van der Waals surface area contributed by atoms with Crippen LogP contribution in [0.3, 0.4) is 0 Å². The van der Waals surface area contributed by atoms with Gasteiger partial charge in [0, 0.05) is 23.2 Å². The number of nitrogens with one attached hydrogen (secondary N) is 1. The van der Waals surface area contributed by atoms with E-state index in [0.717, 1.165) is 23.2 Å². The molecule has 2 aromatic rings. The Kier molecular flexibility index (Phi) is 5.69. The van der Waals surface area contributed by atoms with Gasteiger partial charge in [0.1, 0.15) is 0 Å². The highest BCUT2D eigenvalue weighted by atomic mass is 16.3. The summed E-state index contributed by atoms with van der Waals surface area (Å²) in [6.07, 6.45) is 6.87. The Morgan fingerprint density at radius 2 is 2.07 bits per heavy atom. The van der Waals surface area contributed by atoms with Crippen LogP contribution >= 0.6 is 0 Å². The molecule has 0 unspecified atom stereocenters. The summed E-state index contributed by atoms with van der Waals surface area (Å²) >= 11 is 0. The van der Waals surface area contributed by atoms with Crippen LogP contribution in [0.4, 0.5) is 0 Å². The zero-order valence-electron chi connectivity index (χ0n) is 17.3. The van der Waals surface area contributed by atoms with E-state index in [1.807, 2.05) is 36.4 Å². The summed E-state index contributed by atoms with van der Waals surface area (Å²) in [6, 6.07) is 13.5. The average Bonchev–Trinajstić information content (AvgIpc) is 3.09. The molecule has 0 bridgehead atoms. The standard InChI is InChI=1S/C25H27N3O2/c1-15-11-22-24(23(14-29)28-25(22)30)20(16(15)2)10-9-19-8-7-18(13-27-19)21-6-4-3-5-17(21)12-26/h3-10,13,15-16,20,22-24,29H,11,14H2,1-2H3,(H,28,30)/b10-9+/t15-,16+,20-,22+,23+,24-/m0/s1. The Bertz CT molecular complexity index is 992. The highest BCUT2D eigenvalue weighted by Gasteiger charge is 2.50. The van der Waals surface area contributed by atoms with Gasteiger partial charge in [-0.05, 0) is 48.3 Å². The molecule has 1 amide bonds. The number of benzene rings is 1. The lowest BCUT2D eigenvalue weighted by Crippen LogP contribution is -2.42. The number of aliphatic hydroxyl groups excluding tert-OH is 1. The Morgan fingerprint density at radius 1 is 1.27 bits per heavy atom. The van der Waals surface area contributed by atoms with Gasteiger partial charge in [-0.1, -0.05) is 44.2 Å². The highest BCUT2D eigenvalue weighted by Crippen LogP contribution is 2.47. The molecule has 1 saturated heterocycles. The summed E-state index contributed by atoms with van der Waals surface area (Å²) in [5, 5.41) is 22.1. The van der Waals surface area contributed by atoms with E-state index in [1.54, 1.807) is 12.3 Å². The third-order valence-electron chi connectivity index (χ3n) is 7.00. The molecule has 5 heteroatoms. The molecule has 0 spiro atoms. The van der Waals surface area contributed by atoms with E-state index >= 15 is 0 Å². The summed E-state index contributed by atoms with van der Waals surface area (Å²) in [4.78, 5) is 17.0. The number of pyridine rings is 1. The Hall–Kier alpha value is -2.97. The van der Waals surface area contributed by atoms with Gasteiger partial charge in [0.25, 0.3) is 0 Å². The molecule has 5 nitrogen and oxygen atoms in total. The number of aliphatic hydroxyl groups is 1. The van der Waals surface area contributed by atoms with Crippen LogP contribution in [0.5, 0.6) is 0 Å².